The fourth-order valence-corrected chi connectivity index (χ4v) is 4.97. The van der Waals surface area contributed by atoms with Crippen LogP contribution in [0.4, 0.5) is 0 Å². The van der Waals surface area contributed by atoms with E-state index in [0.29, 0.717) is 19.0 Å². The lowest BCUT2D eigenvalue weighted by molar-refractivity contribution is -0.123. The quantitative estimate of drug-likeness (QED) is 0.800. The molecule has 1 aromatic heterocycles. The lowest BCUT2D eigenvalue weighted by Gasteiger charge is -2.24. The van der Waals surface area contributed by atoms with Crippen molar-refractivity contribution >= 4 is 15.7 Å². The third kappa shape index (κ3) is 3.86. The molecule has 2 fully saturated rings. The molecule has 2 aliphatic rings. The molecular weight excluding hydrogens is 304 g/mol. The zero-order chi connectivity index (χ0) is 15.6. The first-order valence-corrected chi connectivity index (χ1v) is 9.55. The molecule has 7 nitrogen and oxygen atoms in total. The summed E-state index contributed by atoms with van der Waals surface area (Å²) in [4.78, 5) is 14.3. The summed E-state index contributed by atoms with van der Waals surface area (Å²) in [5, 5.41) is 7.07. The van der Waals surface area contributed by atoms with Crippen molar-refractivity contribution in [2.75, 3.05) is 24.6 Å². The van der Waals surface area contributed by atoms with Gasteiger partial charge in [0.2, 0.25) is 5.91 Å². The van der Waals surface area contributed by atoms with E-state index in [0.717, 1.165) is 25.9 Å². The second-order valence-electron chi connectivity index (χ2n) is 6.16. The van der Waals surface area contributed by atoms with Crippen molar-refractivity contribution < 1.29 is 13.2 Å². The summed E-state index contributed by atoms with van der Waals surface area (Å²) in [6.45, 7) is 2.03. The molecule has 2 atom stereocenters. The molecule has 1 aromatic rings. The molecule has 122 valence electrons. The molecular formula is C14H22N4O3S. The lowest BCUT2D eigenvalue weighted by Crippen LogP contribution is -2.45. The highest BCUT2D eigenvalue weighted by atomic mass is 32.2. The average Bonchev–Trinajstić information content (AvgIpc) is 3.14. The number of nitrogens with zero attached hydrogens (tertiary/aromatic N) is 3. The predicted octanol–water partition coefficient (Wildman–Crippen LogP) is -0.349. The largest absolute Gasteiger partial charge is 0.351 e. The van der Waals surface area contributed by atoms with Gasteiger partial charge in [0.05, 0.1) is 24.6 Å². The van der Waals surface area contributed by atoms with Gasteiger partial charge in [-0.2, -0.15) is 5.10 Å². The number of carbonyl (C=O) groups is 1. The molecule has 0 aliphatic carbocycles. The molecule has 8 heteroatoms. The van der Waals surface area contributed by atoms with E-state index < -0.39 is 9.84 Å². The number of nitrogens with one attached hydrogen (secondary N) is 1. The zero-order valence-corrected chi connectivity index (χ0v) is 13.3. The molecule has 1 N–H and O–H groups in total. The van der Waals surface area contributed by atoms with Crippen molar-refractivity contribution in [3.8, 4) is 0 Å². The Labute approximate surface area is 130 Å². The Hall–Kier alpha value is -1.41. The third-order valence-electron chi connectivity index (χ3n) is 4.40. The molecule has 0 bridgehead atoms. The van der Waals surface area contributed by atoms with Crippen molar-refractivity contribution in [1.82, 2.24) is 20.0 Å². The predicted molar refractivity (Wildman–Crippen MR) is 82.0 cm³/mol. The molecule has 2 aliphatic heterocycles. The molecule has 0 unspecified atom stereocenters. The summed E-state index contributed by atoms with van der Waals surface area (Å²) in [6.07, 6.45) is 6.36. The van der Waals surface area contributed by atoms with Gasteiger partial charge in [0, 0.05) is 24.5 Å². The number of rotatable bonds is 5. The molecule has 0 radical (unpaired) electrons. The van der Waals surface area contributed by atoms with Gasteiger partial charge < -0.3 is 5.32 Å². The Morgan fingerprint density at radius 3 is 2.91 bits per heavy atom. The fourth-order valence-electron chi connectivity index (χ4n) is 3.30. The first-order valence-electron chi connectivity index (χ1n) is 7.73. The highest BCUT2D eigenvalue weighted by molar-refractivity contribution is 7.91. The number of hydrogen-bond acceptors (Lipinski definition) is 5. The van der Waals surface area contributed by atoms with Gasteiger partial charge in [-0.3, -0.25) is 14.4 Å². The highest BCUT2D eigenvalue weighted by Crippen LogP contribution is 2.18. The van der Waals surface area contributed by atoms with Crippen LogP contribution < -0.4 is 5.32 Å². The maximum Gasteiger partial charge on any atom is 0.234 e. The molecule has 0 aromatic carbocycles. The van der Waals surface area contributed by atoms with Crippen LogP contribution in [0.2, 0.25) is 0 Å². The fraction of sp³-hybridized carbons (Fsp3) is 0.714. The minimum atomic E-state index is -2.95. The Morgan fingerprint density at radius 2 is 2.23 bits per heavy atom. The average molecular weight is 326 g/mol. The molecule has 2 saturated heterocycles. The number of amides is 1. The number of aromatic nitrogens is 2. The van der Waals surface area contributed by atoms with Crippen LogP contribution in [-0.2, 0) is 21.2 Å². The number of likely N-dealkylation sites (tertiary alicyclic amines) is 1. The Bertz CT molecular complexity index is 614. The van der Waals surface area contributed by atoms with E-state index in [9.17, 15) is 13.2 Å². The van der Waals surface area contributed by atoms with Gasteiger partial charge in [0.25, 0.3) is 0 Å². The second-order valence-corrected chi connectivity index (χ2v) is 8.39. The van der Waals surface area contributed by atoms with E-state index in [4.69, 9.17) is 0 Å². The van der Waals surface area contributed by atoms with E-state index in [1.54, 1.807) is 6.20 Å². The Morgan fingerprint density at radius 1 is 1.36 bits per heavy atom. The topological polar surface area (TPSA) is 84.3 Å². The minimum Gasteiger partial charge on any atom is -0.351 e. The van der Waals surface area contributed by atoms with E-state index in [-0.39, 0.29) is 23.5 Å². The van der Waals surface area contributed by atoms with Crippen LogP contribution in [-0.4, -0.2) is 65.7 Å². The zero-order valence-electron chi connectivity index (χ0n) is 12.5. The minimum absolute atomic E-state index is 0.0746. The molecule has 3 heterocycles. The van der Waals surface area contributed by atoms with Crippen molar-refractivity contribution in [2.45, 2.75) is 37.9 Å². The van der Waals surface area contributed by atoms with Crippen molar-refractivity contribution in [1.29, 1.82) is 0 Å². The van der Waals surface area contributed by atoms with Gasteiger partial charge in [-0.25, -0.2) is 8.42 Å². The van der Waals surface area contributed by atoms with Crippen molar-refractivity contribution in [2.24, 2.45) is 0 Å². The van der Waals surface area contributed by atoms with Gasteiger partial charge in [-0.1, -0.05) is 0 Å². The van der Waals surface area contributed by atoms with Crippen LogP contribution in [0, 0.1) is 0 Å². The van der Waals surface area contributed by atoms with Gasteiger partial charge in [0.1, 0.15) is 0 Å². The molecule has 0 spiro atoms. The maximum absolute atomic E-state index is 12.1. The highest BCUT2D eigenvalue weighted by Gasteiger charge is 2.31. The van der Waals surface area contributed by atoms with E-state index in [1.807, 2.05) is 16.9 Å². The third-order valence-corrected chi connectivity index (χ3v) is 6.17. The molecule has 1 amide bonds. The van der Waals surface area contributed by atoms with Gasteiger partial charge in [0.15, 0.2) is 9.84 Å². The molecule has 3 rings (SSSR count). The van der Waals surface area contributed by atoms with Crippen LogP contribution in [0.5, 0.6) is 0 Å². The normalized spacial score (nSPS) is 28.0. The summed E-state index contributed by atoms with van der Waals surface area (Å²) >= 11 is 0. The summed E-state index contributed by atoms with van der Waals surface area (Å²) < 4.78 is 24.7. The van der Waals surface area contributed by atoms with Crippen molar-refractivity contribution in [3.63, 3.8) is 0 Å². The maximum atomic E-state index is 12.1. The van der Waals surface area contributed by atoms with E-state index in [1.165, 1.54) is 0 Å². The summed E-state index contributed by atoms with van der Waals surface area (Å²) in [5.41, 5.74) is 0. The van der Waals surface area contributed by atoms with E-state index >= 15 is 0 Å². The number of sulfone groups is 1. The summed E-state index contributed by atoms with van der Waals surface area (Å²) in [5.74, 6) is 0.188. The van der Waals surface area contributed by atoms with Crippen LogP contribution in [0.25, 0.3) is 0 Å². The number of hydrogen-bond donors (Lipinski definition) is 1. The summed E-state index contributed by atoms with van der Waals surface area (Å²) in [7, 11) is -2.95. The van der Waals surface area contributed by atoms with E-state index in [2.05, 4.69) is 15.3 Å². The Kier molecular flexibility index (Phi) is 4.49. The smallest absolute Gasteiger partial charge is 0.234 e. The standard InChI is InChI=1S/C14H22N4O3S/c19-14(16-12-4-8-22(20,21)11-12)10-17-6-1-3-13(17)9-18-7-2-5-15-18/h2,5,7,12-13H,1,3-4,6,8-11H2,(H,16,19)/t12-,13+/m1/s1. The first-order chi connectivity index (χ1) is 10.5. The van der Waals surface area contributed by atoms with Crippen molar-refractivity contribution in [3.05, 3.63) is 18.5 Å². The first kappa shape index (κ1) is 15.5. The monoisotopic (exact) mass is 326 g/mol. The molecule has 0 saturated carbocycles. The van der Waals surface area contributed by atoms with Gasteiger partial charge in [-0.05, 0) is 31.9 Å². The van der Waals surface area contributed by atoms with Crippen LogP contribution in [0.15, 0.2) is 18.5 Å². The SMILES string of the molecule is O=C(CN1CCC[C@H]1Cn1cccn1)N[C@@H]1CCS(=O)(=O)C1. The molecule has 22 heavy (non-hydrogen) atoms. The summed E-state index contributed by atoms with van der Waals surface area (Å²) in [6, 6.07) is 2.00. The van der Waals surface area contributed by atoms with Crippen LogP contribution in [0.1, 0.15) is 19.3 Å². The van der Waals surface area contributed by atoms with Crippen LogP contribution >= 0.6 is 0 Å². The van der Waals surface area contributed by atoms with Crippen LogP contribution in [0.3, 0.4) is 0 Å². The second kappa shape index (κ2) is 6.37. The lowest BCUT2D eigenvalue weighted by atomic mass is 10.2. The van der Waals surface area contributed by atoms with Gasteiger partial charge >= 0.3 is 0 Å². The Balaban J connectivity index is 1.50. The number of carbonyl (C=O) groups excluding carboxylic acids is 1. The van der Waals surface area contributed by atoms with Gasteiger partial charge in [-0.15, -0.1) is 0 Å².